The zero-order valence-corrected chi connectivity index (χ0v) is 32.0. The van der Waals surface area contributed by atoms with Gasteiger partial charge in [0.2, 0.25) is 11.2 Å². The van der Waals surface area contributed by atoms with Crippen LogP contribution in [0, 0.1) is 0 Å². The van der Waals surface area contributed by atoms with Gasteiger partial charge in [-0.25, -0.2) is 9.97 Å². The summed E-state index contributed by atoms with van der Waals surface area (Å²) in [6.07, 6.45) is 0.134. The number of aryl methyl sites for hydroxylation is 2. The predicted molar refractivity (Wildman–Crippen MR) is 199 cm³/mol. The Kier molecular flexibility index (Phi) is 14.0. The molecule has 3 aliphatic heterocycles. The maximum Gasteiger partial charge on any atom is 0.417 e. The lowest BCUT2D eigenvalue weighted by molar-refractivity contribution is -0.137. The molecule has 1 aromatic carbocycles. The molecule has 5 heterocycles. The van der Waals surface area contributed by atoms with Crippen LogP contribution in [-0.4, -0.2) is 102 Å². The van der Waals surface area contributed by atoms with Crippen molar-refractivity contribution in [3.05, 3.63) is 45.5 Å². The molecule has 19 heteroatoms. The molecule has 0 amide bonds. The fourth-order valence-corrected chi connectivity index (χ4v) is 9.32. The van der Waals surface area contributed by atoms with E-state index in [2.05, 4.69) is 30.6 Å². The Morgan fingerprint density at radius 2 is 1.33 bits per heavy atom. The fourth-order valence-electron chi connectivity index (χ4n) is 6.28. The van der Waals surface area contributed by atoms with Crippen LogP contribution in [0.15, 0.2) is 28.0 Å². The molecule has 2 aromatic heterocycles. The van der Waals surface area contributed by atoms with E-state index in [-0.39, 0.29) is 35.6 Å². The third-order valence-corrected chi connectivity index (χ3v) is 12.3. The number of rotatable bonds is 12. The van der Waals surface area contributed by atoms with Crippen molar-refractivity contribution in [1.82, 2.24) is 19.9 Å². The second kappa shape index (κ2) is 18.0. The molecule has 0 radical (unpaired) electrons. The van der Waals surface area contributed by atoms with Gasteiger partial charge < -0.3 is 30.6 Å². The lowest BCUT2D eigenvalue weighted by Crippen LogP contribution is -2.47. The quantitative estimate of drug-likeness (QED) is 0.181. The number of hydrogen-bond donors (Lipinski definition) is 4. The third-order valence-electron chi connectivity index (χ3n) is 8.92. The number of nitrogens with one attached hydrogen (secondary N) is 2. The number of aliphatic hydroxyl groups excluding tert-OH is 2. The van der Waals surface area contributed by atoms with E-state index in [9.17, 15) is 31.8 Å². The first-order valence-corrected chi connectivity index (χ1v) is 20.6. The number of alkyl halides is 3. The zero-order chi connectivity index (χ0) is 37.6. The standard InChI is InChI=1S/C22H27ClF3N5O2S.C11H16ClN3O2S/c1-2-3-14(13-32)27-20-19-18(6-11-34(19)33)28-21(29-20)31-9-7-30(8-10-31)15-4-5-17(23)16(12-15)22(24,25)26;1-2-3-7(6-16)13-10-9-8(4-5-18(9)17)14-11(12)15-10/h4-5,12,14,32H,2-3,6-11,13H2,1H3,(H,27,28,29);7,16H,2-6H2,1H3,(H,13,14,15)/t14-,34?;7-,18?/m11/s1. The molecule has 6 rings (SSSR count). The van der Waals surface area contributed by atoms with Gasteiger partial charge in [-0.2, -0.15) is 23.1 Å². The SMILES string of the molecule is CCC[C@H](CO)Nc1nc(Cl)nc2c1S(=O)CC2.CCC[C@H](CO)Nc1nc(N2CCN(c3ccc(Cl)c(C(F)(F)F)c3)CC2)nc2c1S(=O)CC2. The number of fused-ring (bicyclic) bond motifs is 2. The summed E-state index contributed by atoms with van der Waals surface area (Å²) in [5.41, 5.74) is 1.12. The molecule has 0 aliphatic carbocycles. The molecule has 0 saturated carbocycles. The molecular weight excluding hydrogens is 764 g/mol. The first-order chi connectivity index (χ1) is 24.9. The first kappa shape index (κ1) is 40.4. The van der Waals surface area contributed by atoms with E-state index in [0.29, 0.717) is 83.6 Å². The molecule has 1 saturated heterocycles. The number of aromatic nitrogens is 4. The summed E-state index contributed by atoms with van der Waals surface area (Å²) < 4.78 is 64.2. The largest absolute Gasteiger partial charge is 0.417 e. The van der Waals surface area contributed by atoms with E-state index >= 15 is 0 Å². The summed E-state index contributed by atoms with van der Waals surface area (Å²) in [5, 5.41) is 25.2. The smallest absolute Gasteiger partial charge is 0.394 e. The lowest BCUT2D eigenvalue weighted by atomic mass is 10.1. The van der Waals surface area contributed by atoms with E-state index in [0.717, 1.165) is 43.1 Å². The molecule has 2 unspecified atom stereocenters. The van der Waals surface area contributed by atoms with Crippen LogP contribution in [0.3, 0.4) is 0 Å². The van der Waals surface area contributed by atoms with Gasteiger partial charge in [-0.15, -0.1) is 0 Å². The van der Waals surface area contributed by atoms with Crippen molar-refractivity contribution in [1.29, 1.82) is 0 Å². The van der Waals surface area contributed by atoms with Gasteiger partial charge in [-0.1, -0.05) is 38.3 Å². The van der Waals surface area contributed by atoms with Crippen molar-refractivity contribution in [3.63, 3.8) is 0 Å². The van der Waals surface area contributed by atoms with Gasteiger partial charge in [0.25, 0.3) is 0 Å². The van der Waals surface area contributed by atoms with Crippen molar-refractivity contribution in [2.45, 2.75) is 80.4 Å². The van der Waals surface area contributed by atoms with Crippen LogP contribution >= 0.6 is 23.2 Å². The maximum absolute atomic E-state index is 13.2. The average Bonchev–Trinajstić information content (AvgIpc) is 3.69. The molecule has 286 valence electrons. The third kappa shape index (κ3) is 9.63. The Morgan fingerprint density at radius 1 is 0.808 bits per heavy atom. The summed E-state index contributed by atoms with van der Waals surface area (Å²) in [7, 11) is -2.25. The molecule has 3 aromatic rings. The molecule has 0 bridgehead atoms. The van der Waals surface area contributed by atoms with Crippen molar-refractivity contribution in [2.24, 2.45) is 0 Å². The number of nitrogens with zero attached hydrogens (tertiary/aromatic N) is 6. The van der Waals surface area contributed by atoms with Gasteiger partial charge in [0.05, 0.1) is 68.9 Å². The monoisotopic (exact) mass is 806 g/mol. The van der Waals surface area contributed by atoms with E-state index in [1.54, 1.807) is 6.07 Å². The summed E-state index contributed by atoms with van der Waals surface area (Å²) in [4.78, 5) is 22.6. The van der Waals surface area contributed by atoms with Crippen LogP contribution in [0.1, 0.15) is 56.5 Å². The number of benzene rings is 1. The van der Waals surface area contributed by atoms with Gasteiger partial charge in [0, 0.05) is 56.2 Å². The van der Waals surface area contributed by atoms with Gasteiger partial charge in [0.15, 0.2) is 0 Å². The van der Waals surface area contributed by atoms with E-state index < -0.39 is 33.3 Å². The highest BCUT2D eigenvalue weighted by atomic mass is 35.5. The number of halogens is 5. The van der Waals surface area contributed by atoms with Gasteiger partial charge in [0.1, 0.15) is 21.4 Å². The molecule has 12 nitrogen and oxygen atoms in total. The molecule has 3 aliphatic rings. The highest BCUT2D eigenvalue weighted by Crippen LogP contribution is 2.37. The van der Waals surface area contributed by atoms with Crippen LogP contribution in [0.5, 0.6) is 0 Å². The molecule has 4 atom stereocenters. The first-order valence-electron chi connectivity index (χ1n) is 17.2. The summed E-state index contributed by atoms with van der Waals surface area (Å²) in [6.45, 7) is 6.03. The van der Waals surface area contributed by atoms with Crippen LogP contribution in [0.25, 0.3) is 0 Å². The molecule has 1 fully saturated rings. The predicted octanol–water partition coefficient (Wildman–Crippen LogP) is 5.08. The Morgan fingerprint density at radius 3 is 1.85 bits per heavy atom. The summed E-state index contributed by atoms with van der Waals surface area (Å²) in [6, 6.07) is 3.67. The zero-order valence-electron chi connectivity index (χ0n) is 28.9. The van der Waals surface area contributed by atoms with Crippen molar-refractivity contribution in [2.75, 3.05) is 71.3 Å². The number of aliphatic hydroxyl groups is 2. The molecular formula is C33H43Cl2F3N8O4S2. The summed E-state index contributed by atoms with van der Waals surface area (Å²) in [5.74, 6) is 2.56. The van der Waals surface area contributed by atoms with Gasteiger partial charge in [-0.3, -0.25) is 8.42 Å². The highest BCUT2D eigenvalue weighted by molar-refractivity contribution is 7.85. The van der Waals surface area contributed by atoms with Crippen LogP contribution in [-0.2, 0) is 40.6 Å². The minimum atomic E-state index is -4.51. The van der Waals surface area contributed by atoms with E-state index in [1.165, 1.54) is 6.07 Å². The fraction of sp³-hybridized carbons (Fsp3) is 0.576. The lowest BCUT2D eigenvalue weighted by Gasteiger charge is -2.36. The van der Waals surface area contributed by atoms with Gasteiger partial charge in [-0.05, 0) is 42.6 Å². The molecule has 4 N–H and O–H groups in total. The second-order valence-corrected chi connectivity index (χ2v) is 16.4. The molecule has 52 heavy (non-hydrogen) atoms. The number of hydrogen-bond acceptors (Lipinski definition) is 12. The molecule has 0 spiro atoms. The van der Waals surface area contributed by atoms with Crippen LogP contribution in [0.4, 0.5) is 36.4 Å². The van der Waals surface area contributed by atoms with Crippen molar-refractivity contribution >= 4 is 68.1 Å². The Balaban J connectivity index is 0.000000244. The van der Waals surface area contributed by atoms with E-state index in [1.807, 2.05) is 23.6 Å². The van der Waals surface area contributed by atoms with Crippen LogP contribution in [0.2, 0.25) is 10.3 Å². The average molecular weight is 808 g/mol. The van der Waals surface area contributed by atoms with Crippen molar-refractivity contribution < 1.29 is 31.8 Å². The van der Waals surface area contributed by atoms with Crippen LogP contribution < -0.4 is 20.4 Å². The number of anilines is 4. The Bertz CT molecular complexity index is 1770. The topological polar surface area (TPSA) is 157 Å². The van der Waals surface area contributed by atoms with Gasteiger partial charge >= 0.3 is 6.18 Å². The van der Waals surface area contributed by atoms with Crippen molar-refractivity contribution in [3.8, 4) is 0 Å². The Labute approximate surface area is 315 Å². The normalized spacial score (nSPS) is 19.4. The number of piperazine rings is 1. The summed E-state index contributed by atoms with van der Waals surface area (Å²) >= 11 is 11.6. The minimum Gasteiger partial charge on any atom is -0.394 e. The maximum atomic E-state index is 13.2. The minimum absolute atomic E-state index is 0.0108. The Hall–Kier alpha value is -2.83. The van der Waals surface area contributed by atoms with E-state index in [4.69, 9.17) is 23.2 Å². The highest BCUT2D eigenvalue weighted by Gasteiger charge is 2.35. The second-order valence-electron chi connectivity index (χ2n) is 12.6.